The molecule has 1 aromatic heterocycles. The van der Waals surface area contributed by atoms with Crippen molar-refractivity contribution >= 4 is 5.91 Å². The molecule has 2 fully saturated rings. The third kappa shape index (κ3) is 3.73. The minimum atomic E-state index is -0.242. The lowest BCUT2D eigenvalue weighted by Crippen LogP contribution is -2.46. The van der Waals surface area contributed by atoms with Crippen LogP contribution in [-0.2, 0) is 4.79 Å². The molecule has 2 aliphatic rings. The summed E-state index contributed by atoms with van der Waals surface area (Å²) in [5, 5.41) is 11.2. The van der Waals surface area contributed by atoms with E-state index in [2.05, 4.69) is 45.1 Å². The zero-order chi connectivity index (χ0) is 17.1. The first-order chi connectivity index (χ1) is 11.6. The molecule has 0 spiro atoms. The summed E-state index contributed by atoms with van der Waals surface area (Å²) in [6.45, 7) is 8.11. The van der Waals surface area contributed by atoms with E-state index in [1.54, 1.807) is 4.68 Å². The van der Waals surface area contributed by atoms with Gasteiger partial charge in [-0.25, -0.2) is 10.1 Å². The van der Waals surface area contributed by atoms with E-state index in [0.29, 0.717) is 18.5 Å². The largest absolute Gasteiger partial charge is 0.345 e. The van der Waals surface area contributed by atoms with Gasteiger partial charge >= 0.3 is 0 Å². The molecule has 0 aromatic carbocycles. The molecule has 0 aliphatic carbocycles. The number of hydrogen-bond donors (Lipinski definition) is 2. The molecular formula is C15H28N8O. The summed E-state index contributed by atoms with van der Waals surface area (Å²) in [7, 11) is 1.91. The Morgan fingerprint density at radius 1 is 1.46 bits per heavy atom. The van der Waals surface area contributed by atoms with Gasteiger partial charge in [0.05, 0.1) is 5.92 Å². The van der Waals surface area contributed by atoms with E-state index in [9.17, 15) is 4.79 Å². The Hall–Kier alpha value is -1.58. The number of likely N-dealkylation sites (tertiary alicyclic amines) is 1. The highest BCUT2D eigenvalue weighted by molar-refractivity contribution is 5.79. The zero-order valence-corrected chi connectivity index (χ0v) is 14.7. The van der Waals surface area contributed by atoms with Gasteiger partial charge in [0, 0.05) is 32.7 Å². The Kier molecular flexibility index (Phi) is 5.42. The zero-order valence-electron chi connectivity index (χ0n) is 14.7. The van der Waals surface area contributed by atoms with Crippen molar-refractivity contribution in [3.63, 3.8) is 0 Å². The highest BCUT2D eigenvalue weighted by atomic mass is 16.2. The molecule has 134 valence electrons. The molecule has 1 aromatic rings. The Morgan fingerprint density at radius 2 is 2.29 bits per heavy atom. The molecule has 2 N–H and O–H groups in total. The van der Waals surface area contributed by atoms with Crippen molar-refractivity contribution in [1.82, 2.24) is 40.9 Å². The van der Waals surface area contributed by atoms with Crippen LogP contribution in [0.15, 0.2) is 6.33 Å². The van der Waals surface area contributed by atoms with E-state index in [1.165, 1.54) is 25.7 Å². The third-order valence-electron chi connectivity index (χ3n) is 5.11. The van der Waals surface area contributed by atoms with Gasteiger partial charge in [-0.15, -0.1) is 5.10 Å². The van der Waals surface area contributed by atoms with Gasteiger partial charge in [0.25, 0.3) is 0 Å². The highest BCUT2D eigenvalue weighted by Gasteiger charge is 2.37. The fraction of sp³-hybridized carbons (Fsp3) is 0.867. The van der Waals surface area contributed by atoms with E-state index < -0.39 is 0 Å². The van der Waals surface area contributed by atoms with Gasteiger partial charge in [-0.2, -0.15) is 0 Å². The van der Waals surface area contributed by atoms with Gasteiger partial charge in [0.1, 0.15) is 12.5 Å². The number of rotatable bonds is 5. The molecule has 2 saturated heterocycles. The lowest BCUT2D eigenvalue weighted by atomic mass is 9.96. The summed E-state index contributed by atoms with van der Waals surface area (Å²) in [5.74, 6) is 0.474. The molecule has 0 radical (unpaired) electrons. The molecule has 9 nitrogen and oxygen atoms in total. The minimum Gasteiger partial charge on any atom is -0.345 e. The van der Waals surface area contributed by atoms with E-state index in [4.69, 9.17) is 0 Å². The predicted octanol–water partition coefficient (Wildman–Crippen LogP) is -0.525. The number of carbonyl (C=O) groups is 1. The molecule has 0 saturated carbocycles. The van der Waals surface area contributed by atoms with E-state index in [-0.39, 0.29) is 18.0 Å². The maximum atomic E-state index is 12.9. The van der Waals surface area contributed by atoms with Crippen molar-refractivity contribution in [3.8, 4) is 0 Å². The number of hydrogen-bond acceptors (Lipinski definition) is 7. The van der Waals surface area contributed by atoms with Crippen LogP contribution < -0.4 is 10.9 Å². The van der Waals surface area contributed by atoms with Crippen LogP contribution in [0.2, 0.25) is 0 Å². The standard InChI is InChI=1S/C15H28N8O/c1-11(2)22-6-4-5-12(9-22)8-21(3)15(24)13-7-16-18-14(13)23-10-17-19-20-23/h10-14,16,18H,4-9H2,1-3H3. The molecule has 3 unspecified atom stereocenters. The number of piperidine rings is 1. The van der Waals surface area contributed by atoms with Crippen molar-refractivity contribution in [2.24, 2.45) is 11.8 Å². The van der Waals surface area contributed by atoms with E-state index in [1.807, 2.05) is 11.9 Å². The van der Waals surface area contributed by atoms with Gasteiger partial charge in [-0.1, -0.05) is 0 Å². The average Bonchev–Trinajstić information content (AvgIpc) is 3.25. The second kappa shape index (κ2) is 7.54. The van der Waals surface area contributed by atoms with E-state index >= 15 is 0 Å². The van der Waals surface area contributed by atoms with Crippen molar-refractivity contribution in [3.05, 3.63) is 6.33 Å². The summed E-state index contributed by atoms with van der Waals surface area (Å²) in [6.07, 6.45) is 3.70. The highest BCUT2D eigenvalue weighted by Crippen LogP contribution is 2.22. The van der Waals surface area contributed by atoms with Gasteiger partial charge in [-0.3, -0.25) is 10.2 Å². The Bertz CT molecular complexity index is 534. The van der Waals surface area contributed by atoms with Crippen molar-refractivity contribution in [1.29, 1.82) is 0 Å². The number of nitrogens with one attached hydrogen (secondary N) is 2. The molecule has 24 heavy (non-hydrogen) atoms. The number of amides is 1. The molecule has 9 heteroatoms. The predicted molar refractivity (Wildman–Crippen MR) is 88.6 cm³/mol. The van der Waals surface area contributed by atoms with Crippen LogP contribution in [0.3, 0.4) is 0 Å². The first-order valence-electron chi connectivity index (χ1n) is 8.76. The van der Waals surface area contributed by atoms with Crippen LogP contribution in [0.5, 0.6) is 0 Å². The normalized spacial score (nSPS) is 28.4. The van der Waals surface area contributed by atoms with Crippen LogP contribution in [-0.4, -0.2) is 75.2 Å². The van der Waals surface area contributed by atoms with Crippen LogP contribution >= 0.6 is 0 Å². The summed E-state index contributed by atoms with van der Waals surface area (Å²) < 4.78 is 1.59. The summed E-state index contributed by atoms with van der Waals surface area (Å²) in [6, 6.07) is 0.571. The molecule has 3 heterocycles. The summed E-state index contributed by atoms with van der Waals surface area (Å²) in [4.78, 5) is 17.3. The van der Waals surface area contributed by atoms with Crippen molar-refractivity contribution in [2.75, 3.05) is 33.2 Å². The van der Waals surface area contributed by atoms with Crippen LogP contribution in [0, 0.1) is 11.8 Å². The second-order valence-electron chi connectivity index (χ2n) is 7.18. The quantitative estimate of drug-likeness (QED) is 0.747. The summed E-state index contributed by atoms with van der Waals surface area (Å²) in [5.41, 5.74) is 6.14. The Labute approximate surface area is 142 Å². The first kappa shape index (κ1) is 17.2. The van der Waals surface area contributed by atoms with Crippen molar-refractivity contribution in [2.45, 2.75) is 38.9 Å². The van der Waals surface area contributed by atoms with E-state index in [0.717, 1.165) is 13.1 Å². The topological polar surface area (TPSA) is 91.2 Å². The van der Waals surface area contributed by atoms with Crippen LogP contribution in [0.1, 0.15) is 32.9 Å². The van der Waals surface area contributed by atoms with Gasteiger partial charge < -0.3 is 9.80 Å². The number of carbonyl (C=O) groups excluding carboxylic acids is 1. The summed E-state index contributed by atoms with van der Waals surface area (Å²) >= 11 is 0. The number of hydrazine groups is 1. The molecule has 3 atom stereocenters. The minimum absolute atomic E-state index is 0.134. The smallest absolute Gasteiger partial charge is 0.230 e. The molecule has 2 aliphatic heterocycles. The van der Waals surface area contributed by atoms with Gasteiger partial charge in [-0.05, 0) is 49.6 Å². The van der Waals surface area contributed by atoms with Crippen LogP contribution in [0.4, 0.5) is 0 Å². The Balaban J connectivity index is 1.58. The fourth-order valence-corrected chi connectivity index (χ4v) is 3.73. The average molecular weight is 336 g/mol. The maximum Gasteiger partial charge on any atom is 0.230 e. The lowest BCUT2D eigenvalue weighted by Gasteiger charge is -2.37. The number of nitrogens with zero attached hydrogens (tertiary/aromatic N) is 6. The molecule has 3 rings (SSSR count). The second-order valence-corrected chi connectivity index (χ2v) is 7.18. The SMILES string of the molecule is CC(C)N1CCCC(CN(C)C(=O)C2CNNC2n2cnnn2)C1. The number of tetrazole rings is 1. The molecule has 1 amide bonds. The Morgan fingerprint density at radius 3 is 3.00 bits per heavy atom. The molecule has 0 bridgehead atoms. The van der Waals surface area contributed by atoms with Gasteiger partial charge in [0.2, 0.25) is 5.91 Å². The number of aromatic nitrogens is 4. The first-order valence-corrected chi connectivity index (χ1v) is 8.76. The lowest BCUT2D eigenvalue weighted by molar-refractivity contribution is -0.135. The molecular weight excluding hydrogens is 308 g/mol. The third-order valence-corrected chi connectivity index (χ3v) is 5.11. The maximum absolute atomic E-state index is 12.9. The van der Waals surface area contributed by atoms with Crippen molar-refractivity contribution < 1.29 is 4.79 Å². The monoisotopic (exact) mass is 336 g/mol. The van der Waals surface area contributed by atoms with Gasteiger partial charge in [0.15, 0.2) is 0 Å². The fourth-order valence-electron chi connectivity index (χ4n) is 3.73. The van der Waals surface area contributed by atoms with Crippen LogP contribution in [0.25, 0.3) is 0 Å².